The van der Waals surface area contributed by atoms with Crippen LogP contribution in [0.25, 0.3) is 10.9 Å². The van der Waals surface area contributed by atoms with Gasteiger partial charge in [0.15, 0.2) is 0 Å². The van der Waals surface area contributed by atoms with Gasteiger partial charge in [-0.3, -0.25) is 9.36 Å². The molecule has 5 heteroatoms. The molecule has 0 N–H and O–H groups in total. The fraction of sp³-hybridized carbons (Fsp3) is 0.389. The average molecular weight is 310 g/mol. The van der Waals surface area contributed by atoms with E-state index in [-0.39, 0.29) is 5.56 Å². The van der Waals surface area contributed by atoms with Gasteiger partial charge in [-0.05, 0) is 25.5 Å². The highest BCUT2D eigenvalue weighted by Crippen LogP contribution is 2.12. The molecule has 23 heavy (non-hydrogen) atoms. The maximum Gasteiger partial charge on any atom is 0.261 e. The van der Waals surface area contributed by atoms with Gasteiger partial charge in [0.1, 0.15) is 5.82 Å². The van der Waals surface area contributed by atoms with Crippen molar-refractivity contribution in [1.29, 1.82) is 0 Å². The summed E-state index contributed by atoms with van der Waals surface area (Å²) in [6, 6.07) is 5.79. The van der Waals surface area contributed by atoms with Crippen LogP contribution in [0.5, 0.6) is 0 Å². The van der Waals surface area contributed by atoms with Gasteiger partial charge >= 0.3 is 0 Å². The summed E-state index contributed by atoms with van der Waals surface area (Å²) in [6.45, 7) is 7.78. The fourth-order valence-corrected chi connectivity index (χ4v) is 2.85. The molecule has 2 aromatic heterocycles. The highest BCUT2D eigenvalue weighted by Gasteiger charge is 2.08. The van der Waals surface area contributed by atoms with Crippen molar-refractivity contribution in [2.75, 3.05) is 0 Å². The molecule has 5 nitrogen and oxygen atoms in total. The molecule has 3 aromatic rings. The zero-order valence-electron chi connectivity index (χ0n) is 13.9. The Bertz CT molecular complexity index is 876. The number of benzene rings is 1. The van der Waals surface area contributed by atoms with Crippen molar-refractivity contribution in [2.24, 2.45) is 0 Å². The zero-order chi connectivity index (χ0) is 16.4. The van der Waals surface area contributed by atoms with Crippen LogP contribution in [0.3, 0.4) is 0 Å². The van der Waals surface area contributed by atoms with Gasteiger partial charge in [0.05, 0.1) is 17.2 Å². The van der Waals surface area contributed by atoms with E-state index in [0.29, 0.717) is 17.8 Å². The number of aryl methyl sites for hydroxylation is 3. The molecule has 1 aromatic carbocycles. The van der Waals surface area contributed by atoms with Crippen molar-refractivity contribution < 1.29 is 0 Å². The summed E-state index contributed by atoms with van der Waals surface area (Å²) in [5.41, 5.74) is 1.87. The molecule has 0 saturated carbocycles. The van der Waals surface area contributed by atoms with Gasteiger partial charge in [0.25, 0.3) is 5.56 Å². The fourth-order valence-electron chi connectivity index (χ4n) is 2.85. The quantitative estimate of drug-likeness (QED) is 0.727. The van der Waals surface area contributed by atoms with E-state index in [4.69, 9.17) is 0 Å². The smallest absolute Gasteiger partial charge is 0.261 e. The summed E-state index contributed by atoms with van der Waals surface area (Å²) in [5, 5.41) is 0.693. The normalized spacial score (nSPS) is 11.5. The maximum absolute atomic E-state index is 12.6. The number of nitrogens with zero attached hydrogens (tertiary/aromatic N) is 4. The summed E-state index contributed by atoms with van der Waals surface area (Å²) in [7, 11) is 0. The van der Waals surface area contributed by atoms with E-state index in [1.165, 1.54) is 0 Å². The van der Waals surface area contributed by atoms with E-state index >= 15 is 0 Å². The van der Waals surface area contributed by atoms with Crippen molar-refractivity contribution >= 4 is 10.9 Å². The molecular weight excluding hydrogens is 288 g/mol. The SMILES string of the molecule is Cc1ccc2ncn(CCCn3ccnc3C(C)C)c(=O)c2c1. The van der Waals surface area contributed by atoms with E-state index in [0.717, 1.165) is 29.9 Å². The standard InChI is InChI=1S/C18H22N4O/c1-13(2)17-19-7-10-21(17)8-4-9-22-12-20-16-6-5-14(3)11-15(16)18(22)23/h5-7,10-13H,4,8-9H2,1-3H3. The molecule has 0 unspecified atom stereocenters. The van der Waals surface area contributed by atoms with Crippen LogP contribution in [0.15, 0.2) is 41.7 Å². The lowest BCUT2D eigenvalue weighted by Crippen LogP contribution is -2.21. The van der Waals surface area contributed by atoms with Crippen molar-refractivity contribution in [3.8, 4) is 0 Å². The van der Waals surface area contributed by atoms with Crippen LogP contribution < -0.4 is 5.56 Å². The van der Waals surface area contributed by atoms with Gasteiger partial charge in [-0.1, -0.05) is 25.5 Å². The number of fused-ring (bicyclic) bond motifs is 1. The second-order valence-corrected chi connectivity index (χ2v) is 6.25. The number of rotatable bonds is 5. The lowest BCUT2D eigenvalue weighted by molar-refractivity contribution is 0.529. The Labute approximate surface area is 135 Å². The topological polar surface area (TPSA) is 52.7 Å². The first-order valence-electron chi connectivity index (χ1n) is 8.03. The molecule has 0 fully saturated rings. The van der Waals surface area contributed by atoms with E-state index in [2.05, 4.69) is 28.4 Å². The largest absolute Gasteiger partial charge is 0.335 e. The third kappa shape index (κ3) is 3.18. The summed E-state index contributed by atoms with van der Waals surface area (Å²) < 4.78 is 3.86. The Morgan fingerprint density at radius 2 is 1.91 bits per heavy atom. The van der Waals surface area contributed by atoms with Crippen LogP contribution in [0.4, 0.5) is 0 Å². The first-order valence-corrected chi connectivity index (χ1v) is 8.03. The molecule has 0 spiro atoms. The Morgan fingerprint density at radius 3 is 2.70 bits per heavy atom. The van der Waals surface area contributed by atoms with Gasteiger partial charge in [-0.15, -0.1) is 0 Å². The van der Waals surface area contributed by atoms with Crippen LogP contribution in [-0.4, -0.2) is 19.1 Å². The molecule has 120 valence electrons. The molecule has 0 bridgehead atoms. The van der Waals surface area contributed by atoms with Crippen LogP contribution in [-0.2, 0) is 13.1 Å². The van der Waals surface area contributed by atoms with Crippen molar-refractivity contribution in [2.45, 2.75) is 46.2 Å². The van der Waals surface area contributed by atoms with Crippen molar-refractivity contribution in [1.82, 2.24) is 19.1 Å². The number of imidazole rings is 1. The van der Waals surface area contributed by atoms with Gasteiger partial charge in [0.2, 0.25) is 0 Å². The predicted octanol–water partition coefficient (Wildman–Crippen LogP) is 3.12. The monoisotopic (exact) mass is 310 g/mol. The van der Waals surface area contributed by atoms with Crippen LogP contribution >= 0.6 is 0 Å². The first-order chi connectivity index (χ1) is 11.1. The van der Waals surface area contributed by atoms with Gasteiger partial charge in [-0.2, -0.15) is 0 Å². The van der Waals surface area contributed by atoms with Crippen LogP contribution in [0, 0.1) is 6.92 Å². The summed E-state index contributed by atoms with van der Waals surface area (Å²) >= 11 is 0. The minimum atomic E-state index is 0.0356. The van der Waals surface area contributed by atoms with Crippen molar-refractivity contribution in [3.05, 3.63) is 58.7 Å². The zero-order valence-corrected chi connectivity index (χ0v) is 13.9. The Kier molecular flexibility index (Phi) is 4.28. The summed E-state index contributed by atoms with van der Waals surface area (Å²) in [4.78, 5) is 21.3. The Morgan fingerprint density at radius 1 is 1.13 bits per heavy atom. The van der Waals surface area contributed by atoms with Gasteiger partial charge in [0, 0.05) is 31.4 Å². The third-order valence-corrected chi connectivity index (χ3v) is 4.04. The molecular formula is C18H22N4O. The van der Waals surface area contributed by atoms with Gasteiger partial charge in [-0.25, -0.2) is 9.97 Å². The van der Waals surface area contributed by atoms with E-state index < -0.39 is 0 Å². The summed E-state index contributed by atoms with van der Waals surface area (Å²) in [5.74, 6) is 1.49. The molecule has 0 aliphatic heterocycles. The molecule has 0 amide bonds. The maximum atomic E-state index is 12.6. The van der Waals surface area contributed by atoms with E-state index in [1.54, 1.807) is 10.9 Å². The number of hydrogen-bond acceptors (Lipinski definition) is 3. The lowest BCUT2D eigenvalue weighted by Gasteiger charge is -2.11. The Hall–Kier alpha value is -2.43. The minimum absolute atomic E-state index is 0.0356. The molecule has 2 heterocycles. The average Bonchev–Trinajstić information content (AvgIpc) is 2.99. The van der Waals surface area contributed by atoms with E-state index in [1.807, 2.05) is 37.5 Å². The number of aromatic nitrogens is 4. The van der Waals surface area contributed by atoms with Crippen molar-refractivity contribution in [3.63, 3.8) is 0 Å². The van der Waals surface area contributed by atoms with Gasteiger partial charge < -0.3 is 4.57 Å². The Balaban J connectivity index is 1.76. The summed E-state index contributed by atoms with van der Waals surface area (Å²) in [6.07, 6.45) is 6.36. The molecule has 0 saturated heterocycles. The molecule has 0 aliphatic carbocycles. The number of hydrogen-bond donors (Lipinski definition) is 0. The molecule has 0 radical (unpaired) electrons. The third-order valence-electron chi connectivity index (χ3n) is 4.04. The van der Waals surface area contributed by atoms with Crippen LogP contribution in [0.1, 0.15) is 37.6 Å². The molecule has 3 rings (SSSR count). The lowest BCUT2D eigenvalue weighted by atomic mass is 10.2. The molecule has 0 aliphatic rings. The van der Waals surface area contributed by atoms with E-state index in [9.17, 15) is 4.79 Å². The minimum Gasteiger partial charge on any atom is -0.335 e. The second-order valence-electron chi connectivity index (χ2n) is 6.25. The highest BCUT2D eigenvalue weighted by molar-refractivity contribution is 5.77. The highest BCUT2D eigenvalue weighted by atomic mass is 16.1. The molecule has 0 atom stereocenters. The first kappa shape index (κ1) is 15.5. The second kappa shape index (κ2) is 6.36. The predicted molar refractivity (Wildman–Crippen MR) is 91.7 cm³/mol. The van der Waals surface area contributed by atoms with Crippen LogP contribution in [0.2, 0.25) is 0 Å².